The number of rotatable bonds is 4. The Bertz CT molecular complexity index is 805. The first-order valence-corrected chi connectivity index (χ1v) is 8.90. The SMILES string of the molecule is Cc1nc(N(C)C)ncc1C(=O)N(C)C[C@H]1Cc2ccccc2CN1C. The molecule has 1 aromatic heterocycles. The first kappa shape index (κ1) is 18.3. The highest BCUT2D eigenvalue weighted by atomic mass is 16.2. The molecule has 0 saturated heterocycles. The number of fused-ring (bicyclic) bond motifs is 1. The normalized spacial score (nSPS) is 16.9. The number of aromatic nitrogens is 2. The molecule has 0 aliphatic carbocycles. The zero-order chi connectivity index (χ0) is 18.8. The van der Waals surface area contributed by atoms with Crippen molar-refractivity contribution in [2.24, 2.45) is 0 Å². The van der Waals surface area contributed by atoms with Gasteiger partial charge < -0.3 is 9.80 Å². The fourth-order valence-electron chi connectivity index (χ4n) is 3.41. The van der Waals surface area contributed by atoms with E-state index in [4.69, 9.17) is 0 Å². The molecule has 0 unspecified atom stereocenters. The summed E-state index contributed by atoms with van der Waals surface area (Å²) in [5.41, 5.74) is 4.04. The molecule has 1 aliphatic rings. The van der Waals surface area contributed by atoms with Gasteiger partial charge in [0.2, 0.25) is 5.95 Å². The third-order valence-electron chi connectivity index (χ3n) is 5.05. The number of hydrogen-bond donors (Lipinski definition) is 0. The van der Waals surface area contributed by atoms with Crippen LogP contribution < -0.4 is 4.90 Å². The molecule has 6 heteroatoms. The molecule has 6 nitrogen and oxygen atoms in total. The molecule has 3 rings (SSSR count). The lowest BCUT2D eigenvalue weighted by molar-refractivity contribution is 0.0732. The van der Waals surface area contributed by atoms with Crippen molar-refractivity contribution in [1.29, 1.82) is 0 Å². The van der Waals surface area contributed by atoms with Gasteiger partial charge in [0.05, 0.1) is 11.3 Å². The maximum atomic E-state index is 12.9. The predicted octanol–water partition coefficient (Wildman–Crippen LogP) is 1.98. The minimum atomic E-state index is -0.0277. The molecule has 0 fully saturated rings. The van der Waals surface area contributed by atoms with Crippen molar-refractivity contribution < 1.29 is 4.79 Å². The third-order valence-corrected chi connectivity index (χ3v) is 5.05. The minimum absolute atomic E-state index is 0.0277. The number of anilines is 1. The molecular formula is C20H27N5O. The van der Waals surface area contributed by atoms with Crippen molar-refractivity contribution in [3.8, 4) is 0 Å². The van der Waals surface area contributed by atoms with Crippen molar-refractivity contribution in [2.45, 2.75) is 25.9 Å². The summed E-state index contributed by atoms with van der Waals surface area (Å²) in [4.78, 5) is 27.5. The smallest absolute Gasteiger partial charge is 0.257 e. The van der Waals surface area contributed by atoms with Gasteiger partial charge in [0.15, 0.2) is 0 Å². The van der Waals surface area contributed by atoms with Crippen LogP contribution in [0.5, 0.6) is 0 Å². The van der Waals surface area contributed by atoms with Crippen molar-refractivity contribution >= 4 is 11.9 Å². The van der Waals surface area contributed by atoms with E-state index >= 15 is 0 Å². The molecule has 1 aliphatic heterocycles. The first-order valence-electron chi connectivity index (χ1n) is 8.90. The molecule has 2 aromatic rings. The Balaban J connectivity index is 1.72. The summed E-state index contributed by atoms with van der Waals surface area (Å²) in [6, 6.07) is 8.85. The Morgan fingerprint density at radius 1 is 1.23 bits per heavy atom. The second-order valence-electron chi connectivity index (χ2n) is 7.29. The van der Waals surface area contributed by atoms with Crippen LogP contribution in [-0.4, -0.2) is 66.5 Å². The van der Waals surface area contributed by atoms with Crippen LogP contribution in [0.1, 0.15) is 27.2 Å². The fraction of sp³-hybridized carbons (Fsp3) is 0.450. The van der Waals surface area contributed by atoms with Crippen molar-refractivity contribution in [3.63, 3.8) is 0 Å². The van der Waals surface area contributed by atoms with Gasteiger partial charge in [-0.15, -0.1) is 0 Å². The van der Waals surface area contributed by atoms with Crippen LogP contribution in [0.15, 0.2) is 30.5 Å². The zero-order valence-corrected chi connectivity index (χ0v) is 16.2. The van der Waals surface area contributed by atoms with E-state index in [2.05, 4.69) is 46.2 Å². The van der Waals surface area contributed by atoms with Gasteiger partial charge in [-0.25, -0.2) is 9.97 Å². The standard InChI is InChI=1S/C20H27N5O/c1-14-18(11-21-20(22-14)23(2)3)19(26)25(5)13-17-10-15-8-6-7-9-16(15)12-24(17)4/h6-9,11,17H,10,12-13H2,1-5H3/t17-/m1/s1. The molecule has 1 amide bonds. The lowest BCUT2D eigenvalue weighted by Gasteiger charge is -2.36. The molecule has 0 saturated carbocycles. The monoisotopic (exact) mass is 353 g/mol. The summed E-state index contributed by atoms with van der Waals surface area (Å²) in [6.45, 7) is 3.46. The quantitative estimate of drug-likeness (QED) is 0.841. The molecule has 0 spiro atoms. The Morgan fingerprint density at radius 2 is 1.92 bits per heavy atom. The average molecular weight is 353 g/mol. The van der Waals surface area contributed by atoms with Crippen LogP contribution in [0.25, 0.3) is 0 Å². The lowest BCUT2D eigenvalue weighted by Crippen LogP contribution is -2.46. The van der Waals surface area contributed by atoms with Gasteiger partial charge in [0.25, 0.3) is 5.91 Å². The molecule has 26 heavy (non-hydrogen) atoms. The summed E-state index contributed by atoms with van der Waals surface area (Å²) in [6.07, 6.45) is 2.59. The van der Waals surface area contributed by atoms with Crippen LogP contribution in [-0.2, 0) is 13.0 Å². The average Bonchev–Trinajstić information content (AvgIpc) is 2.61. The second kappa shape index (κ2) is 7.41. The van der Waals surface area contributed by atoms with Crippen LogP contribution in [0, 0.1) is 6.92 Å². The topological polar surface area (TPSA) is 52.6 Å². The highest BCUT2D eigenvalue weighted by molar-refractivity contribution is 5.94. The second-order valence-corrected chi connectivity index (χ2v) is 7.29. The summed E-state index contributed by atoms with van der Waals surface area (Å²) in [5, 5.41) is 0. The van der Waals surface area contributed by atoms with Gasteiger partial charge in [-0.1, -0.05) is 24.3 Å². The van der Waals surface area contributed by atoms with Crippen LogP contribution in [0.4, 0.5) is 5.95 Å². The highest BCUT2D eigenvalue weighted by Gasteiger charge is 2.26. The number of carbonyl (C=O) groups excluding carboxylic acids is 1. The van der Waals surface area contributed by atoms with E-state index in [-0.39, 0.29) is 5.91 Å². The Labute approximate surface area is 155 Å². The summed E-state index contributed by atoms with van der Waals surface area (Å²) in [7, 11) is 7.76. The largest absolute Gasteiger partial charge is 0.347 e. The molecule has 138 valence electrons. The van der Waals surface area contributed by atoms with Gasteiger partial charge in [-0.05, 0) is 31.5 Å². The number of amides is 1. The molecule has 0 radical (unpaired) electrons. The summed E-state index contributed by atoms with van der Waals surface area (Å²) < 4.78 is 0. The fourth-order valence-corrected chi connectivity index (χ4v) is 3.41. The number of hydrogen-bond acceptors (Lipinski definition) is 5. The molecule has 1 aromatic carbocycles. The Kier molecular flexibility index (Phi) is 5.23. The number of benzene rings is 1. The first-order chi connectivity index (χ1) is 12.4. The Morgan fingerprint density at radius 3 is 2.58 bits per heavy atom. The van der Waals surface area contributed by atoms with E-state index in [0.29, 0.717) is 29.8 Å². The van der Waals surface area contributed by atoms with E-state index in [1.165, 1.54) is 11.1 Å². The maximum Gasteiger partial charge on any atom is 0.257 e. The summed E-state index contributed by atoms with van der Waals surface area (Å²) in [5.74, 6) is 0.588. The maximum absolute atomic E-state index is 12.9. The van der Waals surface area contributed by atoms with Gasteiger partial charge in [-0.2, -0.15) is 0 Å². The number of carbonyl (C=O) groups is 1. The van der Waals surface area contributed by atoms with Crippen molar-refractivity contribution in [3.05, 3.63) is 52.8 Å². The van der Waals surface area contributed by atoms with Gasteiger partial charge in [0, 0.05) is 46.5 Å². The zero-order valence-electron chi connectivity index (χ0n) is 16.2. The predicted molar refractivity (Wildman–Crippen MR) is 103 cm³/mol. The number of likely N-dealkylation sites (N-methyl/N-ethyl adjacent to an activating group) is 2. The third kappa shape index (κ3) is 3.70. The lowest BCUT2D eigenvalue weighted by atomic mass is 9.94. The Hall–Kier alpha value is -2.47. The van der Waals surface area contributed by atoms with E-state index < -0.39 is 0 Å². The number of aryl methyl sites for hydroxylation is 1. The molecule has 0 bridgehead atoms. The minimum Gasteiger partial charge on any atom is -0.347 e. The van der Waals surface area contributed by atoms with E-state index in [1.807, 2.05) is 33.0 Å². The molecule has 1 atom stereocenters. The van der Waals surface area contributed by atoms with Crippen molar-refractivity contribution in [1.82, 2.24) is 19.8 Å². The molecular weight excluding hydrogens is 326 g/mol. The highest BCUT2D eigenvalue weighted by Crippen LogP contribution is 2.22. The van der Waals surface area contributed by atoms with Gasteiger partial charge in [-0.3, -0.25) is 9.69 Å². The molecule has 2 heterocycles. The van der Waals surface area contributed by atoms with Gasteiger partial charge in [0.1, 0.15) is 0 Å². The van der Waals surface area contributed by atoms with E-state index in [1.54, 1.807) is 11.1 Å². The molecule has 0 N–H and O–H groups in total. The van der Waals surface area contributed by atoms with Crippen LogP contribution >= 0.6 is 0 Å². The van der Waals surface area contributed by atoms with E-state index in [0.717, 1.165) is 13.0 Å². The van der Waals surface area contributed by atoms with Gasteiger partial charge >= 0.3 is 0 Å². The van der Waals surface area contributed by atoms with Crippen LogP contribution in [0.3, 0.4) is 0 Å². The van der Waals surface area contributed by atoms with Crippen molar-refractivity contribution in [2.75, 3.05) is 39.6 Å². The van der Waals surface area contributed by atoms with E-state index in [9.17, 15) is 4.79 Å². The summed E-state index contributed by atoms with van der Waals surface area (Å²) >= 11 is 0. The number of nitrogens with zero attached hydrogens (tertiary/aromatic N) is 5. The van der Waals surface area contributed by atoms with Crippen LogP contribution in [0.2, 0.25) is 0 Å².